The van der Waals surface area contributed by atoms with E-state index >= 15 is 0 Å². The van der Waals surface area contributed by atoms with Crippen LogP contribution in [0.5, 0.6) is 0 Å². The van der Waals surface area contributed by atoms with Gasteiger partial charge >= 0.3 is 0 Å². The highest BCUT2D eigenvalue weighted by atomic mass is 15.2. The molecule has 0 bridgehead atoms. The van der Waals surface area contributed by atoms with Gasteiger partial charge in [-0.3, -0.25) is 4.98 Å². The Morgan fingerprint density at radius 1 is 1.31 bits per heavy atom. The molecule has 3 rings (SSSR count). The monoisotopic (exact) mass is 214 g/mol. The molecule has 1 unspecified atom stereocenters. The highest BCUT2D eigenvalue weighted by Gasteiger charge is 2.18. The van der Waals surface area contributed by atoms with Crippen LogP contribution < -0.4 is 5.73 Å². The van der Waals surface area contributed by atoms with Crippen LogP contribution in [0.25, 0.3) is 11.4 Å². The molecule has 3 heterocycles. The molecule has 2 N–H and O–H groups in total. The number of hydrogen-bond donors (Lipinski definition) is 1. The van der Waals surface area contributed by atoms with Gasteiger partial charge in [-0.15, -0.1) is 0 Å². The predicted octanol–water partition coefficient (Wildman–Crippen LogP) is 1.74. The van der Waals surface area contributed by atoms with Gasteiger partial charge in [-0.25, -0.2) is 4.98 Å². The fraction of sp³-hybridized carbons (Fsp3) is 0.333. The molecular formula is C12H14N4. The van der Waals surface area contributed by atoms with Crippen molar-refractivity contribution in [2.75, 3.05) is 0 Å². The van der Waals surface area contributed by atoms with Gasteiger partial charge in [-0.1, -0.05) is 6.07 Å². The Bertz CT molecular complexity index is 489. The van der Waals surface area contributed by atoms with Crippen LogP contribution in [0.3, 0.4) is 0 Å². The molecule has 1 aliphatic heterocycles. The van der Waals surface area contributed by atoms with Gasteiger partial charge < -0.3 is 10.3 Å². The zero-order chi connectivity index (χ0) is 11.0. The Morgan fingerprint density at radius 3 is 3.00 bits per heavy atom. The maximum absolute atomic E-state index is 6.04. The number of aromatic nitrogens is 3. The van der Waals surface area contributed by atoms with Gasteiger partial charge in [0.25, 0.3) is 0 Å². The van der Waals surface area contributed by atoms with Crippen molar-refractivity contribution in [3.8, 4) is 11.4 Å². The Labute approximate surface area is 94.1 Å². The van der Waals surface area contributed by atoms with Gasteiger partial charge in [0.15, 0.2) is 0 Å². The molecule has 2 aromatic heterocycles. The van der Waals surface area contributed by atoms with Crippen molar-refractivity contribution in [1.29, 1.82) is 0 Å². The van der Waals surface area contributed by atoms with E-state index in [2.05, 4.69) is 14.5 Å². The Morgan fingerprint density at radius 2 is 2.25 bits per heavy atom. The van der Waals surface area contributed by atoms with Gasteiger partial charge in [-0.2, -0.15) is 0 Å². The number of nitrogens with two attached hydrogens (primary N) is 1. The molecule has 2 aromatic rings. The third-order valence-corrected chi connectivity index (χ3v) is 2.99. The summed E-state index contributed by atoms with van der Waals surface area (Å²) >= 11 is 0. The number of nitrogens with zero attached hydrogens (tertiary/aromatic N) is 3. The number of pyridine rings is 1. The van der Waals surface area contributed by atoms with Crippen LogP contribution in [0, 0.1) is 0 Å². The fourth-order valence-electron chi connectivity index (χ4n) is 2.15. The number of imidazole rings is 1. The molecule has 0 aromatic carbocycles. The zero-order valence-corrected chi connectivity index (χ0v) is 9.00. The molecule has 16 heavy (non-hydrogen) atoms. The van der Waals surface area contributed by atoms with E-state index in [1.165, 1.54) is 0 Å². The van der Waals surface area contributed by atoms with Crippen LogP contribution in [0.2, 0.25) is 0 Å². The van der Waals surface area contributed by atoms with Crippen LogP contribution in [-0.4, -0.2) is 14.5 Å². The van der Waals surface area contributed by atoms with E-state index in [4.69, 9.17) is 5.73 Å². The molecule has 0 spiro atoms. The van der Waals surface area contributed by atoms with Gasteiger partial charge in [0, 0.05) is 18.8 Å². The van der Waals surface area contributed by atoms with Crippen molar-refractivity contribution in [2.24, 2.45) is 5.73 Å². The second-order valence-electron chi connectivity index (χ2n) is 4.12. The summed E-state index contributed by atoms with van der Waals surface area (Å²) < 4.78 is 2.08. The molecule has 82 valence electrons. The van der Waals surface area contributed by atoms with E-state index in [1.54, 1.807) is 6.20 Å². The second kappa shape index (κ2) is 3.72. The van der Waals surface area contributed by atoms with Gasteiger partial charge in [0.1, 0.15) is 11.5 Å². The van der Waals surface area contributed by atoms with Crippen LogP contribution >= 0.6 is 0 Å². The number of fused-ring (bicyclic) bond motifs is 1. The van der Waals surface area contributed by atoms with Crippen molar-refractivity contribution in [1.82, 2.24) is 14.5 Å². The smallest absolute Gasteiger partial charge is 0.110 e. The van der Waals surface area contributed by atoms with E-state index in [0.717, 1.165) is 36.5 Å². The molecule has 1 atom stereocenters. The minimum Gasteiger partial charge on any atom is -0.318 e. The molecule has 0 saturated carbocycles. The lowest BCUT2D eigenvalue weighted by molar-refractivity contribution is 0.408. The van der Waals surface area contributed by atoms with Crippen molar-refractivity contribution < 1.29 is 0 Å². The largest absolute Gasteiger partial charge is 0.318 e. The fourth-order valence-corrected chi connectivity index (χ4v) is 2.15. The van der Waals surface area contributed by atoms with Crippen molar-refractivity contribution in [3.63, 3.8) is 0 Å². The molecule has 0 radical (unpaired) electrons. The van der Waals surface area contributed by atoms with E-state index < -0.39 is 0 Å². The van der Waals surface area contributed by atoms with Crippen LogP contribution in [0.4, 0.5) is 0 Å². The van der Waals surface area contributed by atoms with E-state index in [1.807, 2.05) is 24.4 Å². The summed E-state index contributed by atoms with van der Waals surface area (Å²) in [6, 6.07) is 5.85. The molecule has 4 nitrogen and oxygen atoms in total. The van der Waals surface area contributed by atoms with Crippen molar-refractivity contribution in [2.45, 2.75) is 25.4 Å². The minimum absolute atomic E-state index is 0.0775. The molecule has 0 amide bonds. The average Bonchev–Trinajstić information content (AvgIpc) is 2.76. The highest BCUT2D eigenvalue weighted by molar-refractivity contribution is 5.53. The summed E-state index contributed by atoms with van der Waals surface area (Å²) in [5.41, 5.74) is 7.88. The Hall–Kier alpha value is -1.68. The first-order valence-corrected chi connectivity index (χ1v) is 5.59. The third-order valence-electron chi connectivity index (χ3n) is 2.99. The van der Waals surface area contributed by atoms with Gasteiger partial charge in [-0.05, 0) is 25.0 Å². The lowest BCUT2D eigenvalue weighted by atomic mass is 10.1. The number of hydrogen-bond acceptors (Lipinski definition) is 3. The lowest BCUT2D eigenvalue weighted by Gasteiger charge is -2.20. The molecule has 0 fully saturated rings. The normalized spacial score (nSPS) is 19.4. The quantitative estimate of drug-likeness (QED) is 0.786. The summed E-state index contributed by atoms with van der Waals surface area (Å²) in [4.78, 5) is 8.89. The molecule has 1 aliphatic rings. The summed E-state index contributed by atoms with van der Waals surface area (Å²) in [5, 5.41) is 0. The van der Waals surface area contributed by atoms with Crippen LogP contribution in [0.1, 0.15) is 24.8 Å². The van der Waals surface area contributed by atoms with E-state index in [0.29, 0.717) is 0 Å². The highest BCUT2D eigenvalue weighted by Crippen LogP contribution is 2.24. The SMILES string of the molecule is NC1CCCc2nc(-c3ccccn3)cn21. The molecular weight excluding hydrogens is 200 g/mol. The van der Waals surface area contributed by atoms with Crippen LogP contribution in [0.15, 0.2) is 30.6 Å². The molecule has 0 aliphatic carbocycles. The summed E-state index contributed by atoms with van der Waals surface area (Å²) in [6.07, 6.45) is 7.05. The first-order chi connectivity index (χ1) is 7.84. The zero-order valence-electron chi connectivity index (χ0n) is 9.00. The Kier molecular flexibility index (Phi) is 2.22. The molecule has 0 saturated heterocycles. The average molecular weight is 214 g/mol. The maximum atomic E-state index is 6.04. The topological polar surface area (TPSA) is 56.7 Å². The summed E-state index contributed by atoms with van der Waals surface area (Å²) in [7, 11) is 0. The Balaban J connectivity index is 2.05. The van der Waals surface area contributed by atoms with Gasteiger partial charge in [0.05, 0.1) is 11.9 Å². The lowest BCUT2D eigenvalue weighted by Crippen LogP contribution is -2.24. The van der Waals surface area contributed by atoms with Crippen molar-refractivity contribution in [3.05, 3.63) is 36.4 Å². The third kappa shape index (κ3) is 1.51. The first-order valence-electron chi connectivity index (χ1n) is 5.59. The maximum Gasteiger partial charge on any atom is 0.110 e. The van der Waals surface area contributed by atoms with Gasteiger partial charge in [0.2, 0.25) is 0 Å². The number of rotatable bonds is 1. The summed E-state index contributed by atoms with van der Waals surface area (Å²) in [6.45, 7) is 0. The predicted molar refractivity (Wildman–Crippen MR) is 61.6 cm³/mol. The molecule has 4 heteroatoms. The van der Waals surface area contributed by atoms with Crippen molar-refractivity contribution >= 4 is 0 Å². The summed E-state index contributed by atoms with van der Waals surface area (Å²) in [5.74, 6) is 1.08. The van der Waals surface area contributed by atoms with Crippen LogP contribution in [-0.2, 0) is 6.42 Å². The standard InChI is InChI=1S/C12H14N4/c13-11-5-3-6-12-15-10(8-16(11)12)9-4-1-2-7-14-9/h1-2,4,7-8,11H,3,5-6,13H2. The van der Waals surface area contributed by atoms with E-state index in [9.17, 15) is 0 Å². The first kappa shape index (κ1) is 9.54. The number of aryl methyl sites for hydroxylation is 1. The minimum atomic E-state index is 0.0775. The van der Waals surface area contributed by atoms with E-state index in [-0.39, 0.29) is 6.17 Å². The second-order valence-corrected chi connectivity index (χ2v) is 4.12.